The fourth-order valence-corrected chi connectivity index (χ4v) is 2.91. The summed E-state index contributed by atoms with van der Waals surface area (Å²) in [5, 5.41) is 0.606. The smallest absolute Gasteiger partial charge is 0.138 e. The zero-order chi connectivity index (χ0) is 13.3. The number of rotatable bonds is 3. The number of hydrogen-bond acceptors (Lipinski definition) is 3. The highest BCUT2D eigenvalue weighted by molar-refractivity contribution is 9.10. The van der Waals surface area contributed by atoms with Gasteiger partial charge < -0.3 is 14.9 Å². The van der Waals surface area contributed by atoms with Crippen LogP contribution >= 0.6 is 27.5 Å². The lowest BCUT2D eigenvalue weighted by atomic mass is 9.99. The average Bonchev–Trinajstić information content (AvgIpc) is 2.73. The minimum Gasteiger partial charge on any atom is -0.495 e. The predicted octanol–water partition coefficient (Wildman–Crippen LogP) is 4.06. The summed E-state index contributed by atoms with van der Waals surface area (Å²) in [7, 11) is 1.60. The van der Waals surface area contributed by atoms with Crippen LogP contribution in [0, 0.1) is 6.92 Å². The van der Waals surface area contributed by atoms with E-state index >= 15 is 0 Å². The van der Waals surface area contributed by atoms with Crippen molar-refractivity contribution in [3.8, 4) is 5.75 Å². The number of hydrogen-bond donors (Lipinski definition) is 1. The van der Waals surface area contributed by atoms with E-state index in [1.165, 1.54) is 0 Å². The standard InChI is InChI=1S/C13H13BrClNO2/c1-7-9(3-4-18-7)12(16)10-5-8(15)6-11(14)13(10)17-2/h3-6,12H,16H2,1-2H3. The average molecular weight is 331 g/mol. The Morgan fingerprint density at radius 1 is 1.39 bits per heavy atom. The Kier molecular flexibility index (Phi) is 4.00. The second-order valence-corrected chi connectivity index (χ2v) is 5.21. The first-order valence-electron chi connectivity index (χ1n) is 5.37. The van der Waals surface area contributed by atoms with Crippen LogP contribution in [0.25, 0.3) is 0 Å². The van der Waals surface area contributed by atoms with Gasteiger partial charge in [-0.2, -0.15) is 0 Å². The summed E-state index contributed by atoms with van der Waals surface area (Å²) in [4.78, 5) is 0. The van der Waals surface area contributed by atoms with Crippen LogP contribution in [0.15, 0.2) is 33.4 Å². The van der Waals surface area contributed by atoms with E-state index < -0.39 is 0 Å². The molecule has 0 saturated heterocycles. The maximum Gasteiger partial charge on any atom is 0.138 e. The van der Waals surface area contributed by atoms with E-state index in [2.05, 4.69) is 15.9 Å². The molecule has 5 heteroatoms. The molecule has 0 amide bonds. The highest BCUT2D eigenvalue weighted by atomic mass is 79.9. The molecule has 0 fully saturated rings. The molecule has 0 bridgehead atoms. The number of ether oxygens (including phenoxy) is 1. The third-order valence-corrected chi connectivity index (χ3v) is 3.62. The molecule has 3 nitrogen and oxygen atoms in total. The Morgan fingerprint density at radius 2 is 2.11 bits per heavy atom. The first-order chi connectivity index (χ1) is 8.54. The summed E-state index contributed by atoms with van der Waals surface area (Å²) in [6, 6.07) is 5.10. The molecule has 1 aromatic heterocycles. The van der Waals surface area contributed by atoms with Gasteiger partial charge in [-0.15, -0.1) is 0 Å². The highest BCUT2D eigenvalue weighted by Gasteiger charge is 2.20. The topological polar surface area (TPSA) is 48.4 Å². The molecule has 1 unspecified atom stereocenters. The molecular formula is C13H13BrClNO2. The summed E-state index contributed by atoms with van der Waals surface area (Å²) < 4.78 is 11.4. The molecule has 0 spiro atoms. The molecule has 0 aliphatic carbocycles. The maximum absolute atomic E-state index is 6.26. The molecular weight excluding hydrogens is 318 g/mol. The molecule has 1 atom stereocenters. The van der Waals surface area contributed by atoms with Gasteiger partial charge in [0.25, 0.3) is 0 Å². The predicted molar refractivity (Wildman–Crippen MR) is 75.2 cm³/mol. The van der Waals surface area contributed by atoms with E-state index in [9.17, 15) is 0 Å². The van der Waals surface area contributed by atoms with Gasteiger partial charge in [-0.25, -0.2) is 0 Å². The molecule has 18 heavy (non-hydrogen) atoms. The number of nitrogens with two attached hydrogens (primary N) is 1. The lowest BCUT2D eigenvalue weighted by Gasteiger charge is -2.17. The van der Waals surface area contributed by atoms with Crippen LogP contribution in [-0.2, 0) is 0 Å². The van der Waals surface area contributed by atoms with Crippen LogP contribution < -0.4 is 10.5 Å². The third kappa shape index (κ3) is 2.41. The summed E-state index contributed by atoms with van der Waals surface area (Å²) in [5.41, 5.74) is 8.00. The Morgan fingerprint density at radius 3 is 2.67 bits per heavy atom. The van der Waals surface area contributed by atoms with Gasteiger partial charge in [0.1, 0.15) is 11.5 Å². The van der Waals surface area contributed by atoms with E-state index in [0.29, 0.717) is 10.8 Å². The number of halogens is 2. The quantitative estimate of drug-likeness (QED) is 0.923. The van der Waals surface area contributed by atoms with Crippen molar-refractivity contribution in [1.82, 2.24) is 0 Å². The normalized spacial score (nSPS) is 12.5. The van der Waals surface area contributed by atoms with Crippen LogP contribution in [0.4, 0.5) is 0 Å². The largest absolute Gasteiger partial charge is 0.495 e. The molecule has 1 aromatic carbocycles. The van der Waals surface area contributed by atoms with Crippen LogP contribution in [0.5, 0.6) is 5.75 Å². The van der Waals surface area contributed by atoms with Crippen molar-refractivity contribution < 1.29 is 9.15 Å². The number of methoxy groups -OCH3 is 1. The second kappa shape index (κ2) is 5.34. The number of benzene rings is 1. The highest BCUT2D eigenvalue weighted by Crippen LogP contribution is 2.38. The summed E-state index contributed by atoms with van der Waals surface area (Å²) >= 11 is 9.48. The van der Waals surface area contributed by atoms with Gasteiger partial charge in [0.05, 0.1) is 23.9 Å². The van der Waals surface area contributed by atoms with E-state index in [0.717, 1.165) is 21.4 Å². The molecule has 2 rings (SSSR count). The van der Waals surface area contributed by atoms with Gasteiger partial charge in [-0.3, -0.25) is 0 Å². The third-order valence-electron chi connectivity index (χ3n) is 2.81. The Labute approximate surface area is 119 Å². The van der Waals surface area contributed by atoms with E-state index in [1.807, 2.05) is 19.1 Å². The van der Waals surface area contributed by atoms with Gasteiger partial charge in [0.2, 0.25) is 0 Å². The van der Waals surface area contributed by atoms with Crippen LogP contribution in [0.3, 0.4) is 0 Å². The molecule has 2 aromatic rings. The fraction of sp³-hybridized carbons (Fsp3) is 0.231. The number of aryl methyl sites for hydroxylation is 1. The van der Waals surface area contributed by atoms with Gasteiger partial charge >= 0.3 is 0 Å². The zero-order valence-electron chi connectivity index (χ0n) is 10.0. The van der Waals surface area contributed by atoms with Crippen molar-refractivity contribution in [2.45, 2.75) is 13.0 Å². The molecule has 96 valence electrons. The molecule has 0 aliphatic heterocycles. The molecule has 2 N–H and O–H groups in total. The van der Waals surface area contributed by atoms with Crippen molar-refractivity contribution in [2.24, 2.45) is 5.73 Å². The van der Waals surface area contributed by atoms with Gasteiger partial charge in [-0.1, -0.05) is 11.6 Å². The van der Waals surface area contributed by atoms with Gasteiger partial charge in [-0.05, 0) is 41.1 Å². The minimum atomic E-state index is -0.339. The van der Waals surface area contributed by atoms with Crippen LogP contribution in [0.1, 0.15) is 22.9 Å². The van der Waals surface area contributed by atoms with Crippen LogP contribution in [-0.4, -0.2) is 7.11 Å². The van der Waals surface area contributed by atoms with Crippen molar-refractivity contribution in [3.05, 3.63) is 50.8 Å². The fourth-order valence-electron chi connectivity index (χ4n) is 1.91. The first kappa shape index (κ1) is 13.5. The summed E-state index contributed by atoms with van der Waals surface area (Å²) in [6.07, 6.45) is 1.62. The SMILES string of the molecule is COc1c(Br)cc(Cl)cc1C(N)c1ccoc1C. The van der Waals surface area contributed by atoms with Crippen molar-refractivity contribution in [2.75, 3.05) is 7.11 Å². The molecule has 0 aliphatic rings. The van der Waals surface area contributed by atoms with Crippen molar-refractivity contribution in [1.29, 1.82) is 0 Å². The number of furan rings is 1. The van der Waals surface area contributed by atoms with Gasteiger partial charge in [0.15, 0.2) is 0 Å². The van der Waals surface area contributed by atoms with Crippen molar-refractivity contribution >= 4 is 27.5 Å². The van der Waals surface area contributed by atoms with Crippen molar-refractivity contribution in [3.63, 3.8) is 0 Å². The lowest BCUT2D eigenvalue weighted by molar-refractivity contribution is 0.405. The Hall–Kier alpha value is -0.970. The maximum atomic E-state index is 6.26. The first-order valence-corrected chi connectivity index (χ1v) is 6.54. The second-order valence-electron chi connectivity index (χ2n) is 3.92. The summed E-state index contributed by atoms with van der Waals surface area (Å²) in [5.74, 6) is 1.48. The van der Waals surface area contributed by atoms with Gasteiger partial charge in [0, 0.05) is 16.1 Å². The zero-order valence-corrected chi connectivity index (χ0v) is 12.4. The Bertz CT molecular complexity index is 568. The van der Waals surface area contributed by atoms with E-state index in [4.69, 9.17) is 26.5 Å². The van der Waals surface area contributed by atoms with E-state index in [1.54, 1.807) is 19.4 Å². The molecule has 1 heterocycles. The minimum absolute atomic E-state index is 0.339. The molecule has 0 saturated carbocycles. The van der Waals surface area contributed by atoms with E-state index in [-0.39, 0.29) is 6.04 Å². The monoisotopic (exact) mass is 329 g/mol. The summed E-state index contributed by atoms with van der Waals surface area (Å²) in [6.45, 7) is 1.88. The Balaban J connectivity index is 2.54. The molecule has 0 radical (unpaired) electrons. The lowest BCUT2D eigenvalue weighted by Crippen LogP contribution is -2.13. The van der Waals surface area contributed by atoms with Crippen LogP contribution in [0.2, 0.25) is 5.02 Å².